The Morgan fingerprint density at radius 1 is 1.18 bits per heavy atom. The fourth-order valence-electron chi connectivity index (χ4n) is 2.84. The number of hydrogen-bond donors (Lipinski definition) is 1. The van der Waals surface area contributed by atoms with Gasteiger partial charge in [-0.05, 0) is 51.0 Å². The first-order chi connectivity index (χ1) is 9.86. The third kappa shape index (κ3) is 7.28. The molecule has 0 fully saturated rings. The van der Waals surface area contributed by atoms with Gasteiger partial charge in [-0.1, -0.05) is 67.0 Å². The van der Waals surface area contributed by atoms with Gasteiger partial charge in [-0.25, -0.2) is 0 Å². The van der Waals surface area contributed by atoms with E-state index >= 15 is 0 Å². The zero-order valence-electron chi connectivity index (χ0n) is 14.2. The number of hydrogen-bond acceptors (Lipinski definition) is 1. The minimum atomic E-state index is 0. The first kappa shape index (κ1) is 21.7. The van der Waals surface area contributed by atoms with E-state index in [1.807, 2.05) is 19.1 Å². The first-order valence-electron chi connectivity index (χ1n) is 7.87. The maximum atomic E-state index is 8.81. The van der Waals surface area contributed by atoms with E-state index in [1.165, 1.54) is 36.0 Å². The summed E-state index contributed by atoms with van der Waals surface area (Å²) in [6.07, 6.45) is 16.3. The number of aliphatic hydroxyl groups is 1. The van der Waals surface area contributed by atoms with E-state index in [0.29, 0.717) is 5.41 Å². The monoisotopic (exact) mass is 310 g/mol. The normalized spacial score (nSPS) is 19.9. The van der Waals surface area contributed by atoms with Crippen molar-refractivity contribution < 1.29 is 5.11 Å². The Kier molecular flexibility index (Phi) is 10.3. The molecule has 22 heavy (non-hydrogen) atoms. The number of allylic oxidation sites excluding steroid dienone is 9. The SMILES string of the molecule is CC1=C(/C=C/C(C)=C\C=C\C(C)=C\CO)C(C)(C)CCC1.[NaH]. The zero-order chi connectivity index (χ0) is 15.9. The summed E-state index contributed by atoms with van der Waals surface area (Å²) in [4.78, 5) is 0. The zero-order valence-corrected chi connectivity index (χ0v) is 14.2. The quantitative estimate of drug-likeness (QED) is 0.568. The van der Waals surface area contributed by atoms with Gasteiger partial charge in [-0.3, -0.25) is 0 Å². The molecule has 0 aliphatic heterocycles. The van der Waals surface area contributed by atoms with Gasteiger partial charge in [0.25, 0.3) is 0 Å². The number of aliphatic hydroxyl groups excluding tert-OH is 1. The molecular formula is C20H31NaO. The Morgan fingerprint density at radius 3 is 2.45 bits per heavy atom. The van der Waals surface area contributed by atoms with Crippen LogP contribution in [0, 0.1) is 5.41 Å². The molecule has 0 atom stereocenters. The van der Waals surface area contributed by atoms with E-state index in [0.717, 1.165) is 5.57 Å². The molecule has 0 radical (unpaired) electrons. The Hall–Kier alpha value is -0.340. The molecule has 1 aliphatic rings. The predicted molar refractivity (Wildman–Crippen MR) is 100 cm³/mol. The molecule has 0 spiro atoms. The molecule has 0 saturated heterocycles. The fraction of sp³-hybridized carbons (Fsp3) is 0.500. The van der Waals surface area contributed by atoms with Crippen LogP contribution >= 0.6 is 0 Å². The Balaban J connectivity index is 0.00000441. The Morgan fingerprint density at radius 2 is 1.86 bits per heavy atom. The summed E-state index contributed by atoms with van der Waals surface area (Å²) in [5.41, 5.74) is 5.66. The van der Waals surface area contributed by atoms with Crippen molar-refractivity contribution >= 4 is 29.6 Å². The molecule has 0 unspecified atom stereocenters. The van der Waals surface area contributed by atoms with Crippen molar-refractivity contribution in [2.45, 2.75) is 53.9 Å². The van der Waals surface area contributed by atoms with Gasteiger partial charge in [-0.2, -0.15) is 0 Å². The van der Waals surface area contributed by atoms with Gasteiger partial charge in [0.2, 0.25) is 0 Å². The summed E-state index contributed by atoms with van der Waals surface area (Å²) >= 11 is 0. The Labute approximate surface area is 158 Å². The van der Waals surface area contributed by atoms with Gasteiger partial charge in [0.15, 0.2) is 0 Å². The van der Waals surface area contributed by atoms with Gasteiger partial charge >= 0.3 is 29.6 Å². The molecule has 1 aliphatic carbocycles. The second-order valence-electron chi connectivity index (χ2n) is 6.67. The van der Waals surface area contributed by atoms with Crippen molar-refractivity contribution in [2.75, 3.05) is 6.61 Å². The molecule has 0 saturated carbocycles. The van der Waals surface area contributed by atoms with Crippen molar-refractivity contribution in [3.8, 4) is 0 Å². The van der Waals surface area contributed by atoms with Crippen molar-refractivity contribution in [1.82, 2.24) is 0 Å². The number of rotatable bonds is 5. The van der Waals surface area contributed by atoms with Crippen molar-refractivity contribution in [1.29, 1.82) is 0 Å². The minimum absolute atomic E-state index is 0. The molecule has 0 heterocycles. The van der Waals surface area contributed by atoms with Crippen LogP contribution in [0.2, 0.25) is 0 Å². The van der Waals surface area contributed by atoms with E-state index in [9.17, 15) is 0 Å². The van der Waals surface area contributed by atoms with Crippen LogP contribution in [0.4, 0.5) is 0 Å². The molecular weight excluding hydrogens is 279 g/mol. The van der Waals surface area contributed by atoms with Crippen LogP contribution in [0.25, 0.3) is 0 Å². The van der Waals surface area contributed by atoms with Crippen LogP contribution in [0.1, 0.15) is 53.9 Å². The van der Waals surface area contributed by atoms with E-state index in [1.54, 1.807) is 6.08 Å². The Bertz CT molecular complexity index is 502. The standard InChI is InChI=1S/C20H30O.Na.H/c1-16(8-6-9-17(2)13-15-21)11-12-19-18(3)10-7-14-20(19,4)5;;/h6,8-9,11-13,21H,7,10,14-15H2,1-5H3;;/b9-6+,12-11+,16-8-,17-13+;;. The molecule has 0 aromatic rings. The third-order valence-electron chi connectivity index (χ3n) is 4.19. The second-order valence-corrected chi connectivity index (χ2v) is 6.67. The topological polar surface area (TPSA) is 20.2 Å². The van der Waals surface area contributed by atoms with Crippen LogP contribution in [0.3, 0.4) is 0 Å². The molecule has 0 amide bonds. The molecule has 0 aromatic heterocycles. The van der Waals surface area contributed by atoms with Gasteiger partial charge in [0.1, 0.15) is 0 Å². The summed E-state index contributed by atoms with van der Waals surface area (Å²) in [7, 11) is 0. The molecule has 2 heteroatoms. The summed E-state index contributed by atoms with van der Waals surface area (Å²) in [6.45, 7) is 11.2. The van der Waals surface area contributed by atoms with Crippen LogP contribution in [0.5, 0.6) is 0 Å². The van der Waals surface area contributed by atoms with E-state index in [2.05, 4.69) is 45.9 Å². The fourth-order valence-corrected chi connectivity index (χ4v) is 2.84. The maximum absolute atomic E-state index is 8.81. The molecule has 0 aromatic carbocycles. The summed E-state index contributed by atoms with van der Waals surface area (Å²) in [5.74, 6) is 0. The van der Waals surface area contributed by atoms with Gasteiger partial charge in [0.05, 0.1) is 6.61 Å². The average Bonchev–Trinajstić information content (AvgIpc) is 2.37. The van der Waals surface area contributed by atoms with Crippen LogP contribution < -0.4 is 0 Å². The summed E-state index contributed by atoms with van der Waals surface area (Å²) < 4.78 is 0. The predicted octanol–water partition coefficient (Wildman–Crippen LogP) is 4.86. The molecule has 1 rings (SSSR count). The third-order valence-corrected chi connectivity index (χ3v) is 4.19. The van der Waals surface area contributed by atoms with Gasteiger partial charge in [-0.15, -0.1) is 0 Å². The van der Waals surface area contributed by atoms with E-state index < -0.39 is 0 Å². The van der Waals surface area contributed by atoms with Crippen molar-refractivity contribution in [3.05, 3.63) is 58.7 Å². The van der Waals surface area contributed by atoms with Gasteiger partial charge < -0.3 is 5.11 Å². The second kappa shape index (κ2) is 10.4. The van der Waals surface area contributed by atoms with Crippen LogP contribution in [-0.4, -0.2) is 41.3 Å². The van der Waals surface area contributed by atoms with Gasteiger partial charge in [0, 0.05) is 0 Å². The van der Waals surface area contributed by atoms with Crippen LogP contribution in [0.15, 0.2) is 58.7 Å². The summed E-state index contributed by atoms with van der Waals surface area (Å²) in [5, 5.41) is 8.81. The molecule has 118 valence electrons. The molecule has 1 nitrogen and oxygen atoms in total. The molecule has 0 bridgehead atoms. The van der Waals surface area contributed by atoms with Crippen molar-refractivity contribution in [2.24, 2.45) is 5.41 Å². The summed E-state index contributed by atoms with van der Waals surface area (Å²) in [6, 6.07) is 0. The van der Waals surface area contributed by atoms with Crippen LogP contribution in [-0.2, 0) is 0 Å². The first-order valence-corrected chi connectivity index (χ1v) is 7.87. The average molecular weight is 310 g/mol. The van der Waals surface area contributed by atoms with E-state index in [-0.39, 0.29) is 36.2 Å². The van der Waals surface area contributed by atoms with E-state index in [4.69, 9.17) is 5.11 Å². The molecule has 1 N–H and O–H groups in total. The van der Waals surface area contributed by atoms with Crippen molar-refractivity contribution in [3.63, 3.8) is 0 Å².